The predicted molar refractivity (Wildman–Crippen MR) is 74.0 cm³/mol. The van der Waals surface area contributed by atoms with Crippen molar-refractivity contribution < 1.29 is 8.42 Å². The van der Waals surface area contributed by atoms with Gasteiger partial charge in [0, 0.05) is 5.69 Å². The molecule has 0 radical (unpaired) electrons. The number of nitrogens with zero attached hydrogens (tertiary/aromatic N) is 2. The molecule has 1 saturated heterocycles. The van der Waals surface area contributed by atoms with Gasteiger partial charge in [0.15, 0.2) is 9.84 Å². The molecule has 1 unspecified atom stereocenters. The van der Waals surface area contributed by atoms with Crippen molar-refractivity contribution in [3.05, 3.63) is 15.0 Å². The highest BCUT2D eigenvalue weighted by molar-refractivity contribution is 14.1. The lowest BCUT2D eigenvalue weighted by molar-refractivity contribution is 0.485. The standard InChI is InChI=1S/C9H13IN2O2S.ClH/c1-6-9(10)7(2)12(11-6)8-3-4-15(13,14)5-8;/h8H,3-5H2,1-2H3;1H. The number of hydrogen-bond acceptors (Lipinski definition) is 3. The Labute approximate surface area is 115 Å². The lowest BCUT2D eigenvalue weighted by Crippen LogP contribution is -2.13. The summed E-state index contributed by atoms with van der Waals surface area (Å²) in [5.41, 5.74) is 2.06. The van der Waals surface area contributed by atoms with Gasteiger partial charge in [0.2, 0.25) is 0 Å². The van der Waals surface area contributed by atoms with Gasteiger partial charge in [0.1, 0.15) is 0 Å². The maximum absolute atomic E-state index is 11.4. The normalized spacial score (nSPS) is 23.1. The van der Waals surface area contributed by atoms with Crippen molar-refractivity contribution in [1.29, 1.82) is 0 Å². The molecule has 0 aromatic carbocycles. The molecule has 1 aliphatic rings. The fourth-order valence-corrected chi connectivity index (χ4v) is 4.01. The number of aryl methyl sites for hydroxylation is 1. The minimum atomic E-state index is -2.83. The Morgan fingerprint density at radius 3 is 2.44 bits per heavy atom. The van der Waals surface area contributed by atoms with E-state index in [1.54, 1.807) is 0 Å². The summed E-state index contributed by atoms with van der Waals surface area (Å²) in [6, 6.07) is 0.0391. The summed E-state index contributed by atoms with van der Waals surface area (Å²) in [6.45, 7) is 3.95. The van der Waals surface area contributed by atoms with Gasteiger partial charge in [-0.25, -0.2) is 8.42 Å². The van der Waals surface area contributed by atoms with Gasteiger partial charge >= 0.3 is 0 Å². The van der Waals surface area contributed by atoms with Crippen molar-refractivity contribution in [3.8, 4) is 0 Å². The highest BCUT2D eigenvalue weighted by atomic mass is 127. The third-order valence-electron chi connectivity index (χ3n) is 2.79. The summed E-state index contributed by atoms with van der Waals surface area (Å²) in [6.07, 6.45) is 0.695. The molecule has 16 heavy (non-hydrogen) atoms. The van der Waals surface area contributed by atoms with Gasteiger partial charge in [-0.3, -0.25) is 4.68 Å². The van der Waals surface area contributed by atoms with Crippen molar-refractivity contribution in [3.63, 3.8) is 0 Å². The largest absolute Gasteiger partial charge is 0.264 e. The second-order valence-electron chi connectivity index (χ2n) is 3.99. The van der Waals surface area contributed by atoms with Crippen LogP contribution in [0.2, 0.25) is 0 Å². The summed E-state index contributed by atoms with van der Waals surface area (Å²) in [4.78, 5) is 0. The van der Waals surface area contributed by atoms with Crippen molar-refractivity contribution in [1.82, 2.24) is 9.78 Å². The van der Waals surface area contributed by atoms with Gasteiger partial charge in [-0.2, -0.15) is 5.10 Å². The van der Waals surface area contributed by atoms with E-state index >= 15 is 0 Å². The lowest BCUT2D eigenvalue weighted by Gasteiger charge is -2.10. The summed E-state index contributed by atoms with van der Waals surface area (Å²) in [7, 11) is -2.83. The Morgan fingerprint density at radius 1 is 1.44 bits per heavy atom. The van der Waals surface area contributed by atoms with Crippen LogP contribution in [0.15, 0.2) is 0 Å². The van der Waals surface area contributed by atoms with Crippen LogP contribution >= 0.6 is 35.0 Å². The Morgan fingerprint density at radius 2 is 2.06 bits per heavy atom. The third-order valence-corrected chi connectivity index (χ3v) is 6.10. The molecule has 92 valence electrons. The van der Waals surface area contributed by atoms with Gasteiger partial charge in [-0.05, 0) is 42.9 Å². The summed E-state index contributed by atoms with van der Waals surface area (Å²) in [5, 5.41) is 4.40. The zero-order valence-electron chi connectivity index (χ0n) is 9.10. The van der Waals surface area contributed by atoms with Gasteiger partial charge < -0.3 is 0 Å². The van der Waals surface area contributed by atoms with Crippen LogP contribution in [0.5, 0.6) is 0 Å². The molecule has 1 atom stereocenters. The first-order chi connectivity index (χ1) is 6.91. The van der Waals surface area contributed by atoms with Crippen LogP contribution in [-0.4, -0.2) is 29.7 Å². The van der Waals surface area contributed by atoms with E-state index in [0.29, 0.717) is 12.2 Å². The minimum Gasteiger partial charge on any atom is -0.264 e. The van der Waals surface area contributed by atoms with Crippen LogP contribution in [-0.2, 0) is 9.84 Å². The molecule has 0 N–H and O–H groups in total. The van der Waals surface area contributed by atoms with Crippen LogP contribution in [0.1, 0.15) is 23.9 Å². The number of aromatic nitrogens is 2. The van der Waals surface area contributed by atoms with Crippen molar-refractivity contribution in [2.75, 3.05) is 11.5 Å². The van der Waals surface area contributed by atoms with Crippen molar-refractivity contribution in [2.24, 2.45) is 0 Å². The molecule has 1 fully saturated rings. The van der Waals surface area contributed by atoms with Gasteiger partial charge in [-0.15, -0.1) is 12.4 Å². The Balaban J connectivity index is 0.00000128. The molecule has 0 saturated carbocycles. The second kappa shape index (κ2) is 4.81. The Kier molecular flexibility index (Phi) is 4.29. The third kappa shape index (κ3) is 2.53. The molecular weight excluding hydrogens is 363 g/mol. The molecule has 2 rings (SSSR count). The second-order valence-corrected chi connectivity index (χ2v) is 7.29. The summed E-state index contributed by atoms with van der Waals surface area (Å²) >= 11 is 2.25. The fourth-order valence-electron chi connectivity index (χ4n) is 1.97. The first kappa shape index (κ1) is 14.2. The van der Waals surface area contributed by atoms with E-state index in [9.17, 15) is 8.42 Å². The van der Waals surface area contributed by atoms with Crippen LogP contribution < -0.4 is 0 Å². The van der Waals surface area contributed by atoms with Crippen LogP contribution in [0.4, 0.5) is 0 Å². The zero-order chi connectivity index (χ0) is 11.2. The van der Waals surface area contributed by atoms with Crippen molar-refractivity contribution >= 4 is 44.8 Å². The first-order valence-electron chi connectivity index (χ1n) is 4.82. The molecule has 2 heterocycles. The highest BCUT2D eigenvalue weighted by Crippen LogP contribution is 2.27. The molecule has 0 spiro atoms. The van der Waals surface area contributed by atoms with E-state index in [4.69, 9.17) is 0 Å². The molecular formula is C9H14ClIN2O2S. The van der Waals surface area contributed by atoms with Crippen molar-refractivity contribution in [2.45, 2.75) is 26.3 Å². The minimum absolute atomic E-state index is 0. The topological polar surface area (TPSA) is 52.0 Å². The predicted octanol–water partition coefficient (Wildman–Crippen LogP) is 1.89. The van der Waals surface area contributed by atoms with Crippen LogP contribution in [0.3, 0.4) is 0 Å². The van der Waals surface area contributed by atoms with E-state index in [0.717, 1.165) is 15.0 Å². The lowest BCUT2D eigenvalue weighted by atomic mass is 10.2. The average Bonchev–Trinajstić information content (AvgIpc) is 2.62. The number of sulfone groups is 1. The monoisotopic (exact) mass is 376 g/mol. The van der Waals surface area contributed by atoms with Crippen LogP contribution in [0.25, 0.3) is 0 Å². The fraction of sp³-hybridized carbons (Fsp3) is 0.667. The van der Waals surface area contributed by atoms with E-state index in [-0.39, 0.29) is 24.2 Å². The molecule has 0 bridgehead atoms. The molecule has 7 heteroatoms. The zero-order valence-corrected chi connectivity index (χ0v) is 12.9. The number of halogens is 2. The van der Waals surface area contributed by atoms with E-state index in [1.807, 2.05) is 18.5 Å². The maximum Gasteiger partial charge on any atom is 0.152 e. The number of rotatable bonds is 1. The molecule has 4 nitrogen and oxygen atoms in total. The Hall–Kier alpha value is 0.180. The molecule has 1 aromatic rings. The smallest absolute Gasteiger partial charge is 0.152 e. The van der Waals surface area contributed by atoms with E-state index in [1.165, 1.54) is 0 Å². The molecule has 1 aliphatic heterocycles. The number of hydrogen-bond donors (Lipinski definition) is 0. The van der Waals surface area contributed by atoms with Gasteiger partial charge in [0.25, 0.3) is 0 Å². The molecule has 0 amide bonds. The average molecular weight is 377 g/mol. The summed E-state index contributed by atoms with van der Waals surface area (Å²) in [5.74, 6) is 0.539. The first-order valence-corrected chi connectivity index (χ1v) is 7.72. The van der Waals surface area contributed by atoms with E-state index < -0.39 is 9.84 Å². The summed E-state index contributed by atoms with van der Waals surface area (Å²) < 4.78 is 25.8. The van der Waals surface area contributed by atoms with Gasteiger partial charge in [0.05, 0.1) is 26.8 Å². The van der Waals surface area contributed by atoms with Gasteiger partial charge in [-0.1, -0.05) is 0 Å². The Bertz CT molecular complexity index is 498. The van der Waals surface area contributed by atoms with E-state index in [2.05, 4.69) is 27.7 Å². The van der Waals surface area contributed by atoms with Crippen LogP contribution in [0, 0.1) is 17.4 Å². The molecule has 0 aliphatic carbocycles. The quantitative estimate of drug-likeness (QED) is 0.703. The highest BCUT2D eigenvalue weighted by Gasteiger charge is 2.31. The SMILES string of the molecule is Cc1nn(C2CCS(=O)(=O)C2)c(C)c1I.Cl. The maximum atomic E-state index is 11.4. The molecule has 1 aromatic heterocycles.